The molecule has 1 atom stereocenters. The van der Waals surface area contributed by atoms with Gasteiger partial charge in [-0.15, -0.1) is 0 Å². The Balaban J connectivity index is 2.27. The van der Waals surface area contributed by atoms with Crippen molar-refractivity contribution in [2.75, 3.05) is 6.61 Å². The van der Waals surface area contributed by atoms with Crippen LogP contribution < -0.4 is 0 Å². The fourth-order valence-electron chi connectivity index (χ4n) is 1.71. The molecule has 0 aliphatic carbocycles. The van der Waals surface area contributed by atoms with E-state index >= 15 is 0 Å². The monoisotopic (exact) mass is 178 g/mol. The molecule has 0 aromatic heterocycles. The van der Waals surface area contributed by atoms with E-state index in [-0.39, 0.29) is 12.7 Å². The first-order valence-corrected chi connectivity index (χ1v) is 4.60. The zero-order valence-electron chi connectivity index (χ0n) is 7.79. The average Bonchev–Trinajstić information content (AvgIpc) is 2.16. The minimum absolute atomic E-state index is 0.00528. The Labute approximate surface area is 78.2 Å². The van der Waals surface area contributed by atoms with Gasteiger partial charge in [0.2, 0.25) is 0 Å². The zero-order valence-corrected chi connectivity index (χ0v) is 7.79. The van der Waals surface area contributed by atoms with Gasteiger partial charge < -0.3 is 9.84 Å². The molecule has 1 N–H and O–H groups in total. The Hall–Kier alpha value is -0.860. The Kier molecular flexibility index (Phi) is 2.34. The highest BCUT2D eigenvalue weighted by Crippen LogP contribution is 2.21. The van der Waals surface area contributed by atoms with Crippen LogP contribution in [0.15, 0.2) is 18.2 Å². The van der Waals surface area contributed by atoms with Crippen molar-refractivity contribution in [2.24, 2.45) is 0 Å². The summed E-state index contributed by atoms with van der Waals surface area (Å²) >= 11 is 0. The molecule has 1 aliphatic heterocycles. The van der Waals surface area contributed by atoms with E-state index in [1.54, 1.807) is 0 Å². The third-order valence-corrected chi connectivity index (χ3v) is 2.49. The summed E-state index contributed by atoms with van der Waals surface area (Å²) in [6, 6.07) is 6.39. The third kappa shape index (κ3) is 1.74. The number of aryl methyl sites for hydroxylation is 1. The van der Waals surface area contributed by atoms with Crippen molar-refractivity contribution in [3.05, 3.63) is 34.9 Å². The minimum Gasteiger partial charge on any atom is -0.394 e. The van der Waals surface area contributed by atoms with Gasteiger partial charge in [0.05, 0.1) is 19.3 Å². The molecule has 1 aromatic rings. The van der Waals surface area contributed by atoms with Crippen molar-refractivity contribution in [3.8, 4) is 0 Å². The van der Waals surface area contributed by atoms with Crippen LogP contribution in [0, 0.1) is 6.92 Å². The van der Waals surface area contributed by atoms with Crippen LogP contribution >= 0.6 is 0 Å². The lowest BCUT2D eigenvalue weighted by atomic mass is 9.97. The van der Waals surface area contributed by atoms with Crippen molar-refractivity contribution >= 4 is 0 Å². The first-order valence-electron chi connectivity index (χ1n) is 4.60. The number of fused-ring (bicyclic) bond motifs is 1. The van der Waals surface area contributed by atoms with E-state index in [0.717, 1.165) is 6.42 Å². The molecule has 1 aliphatic rings. The lowest BCUT2D eigenvalue weighted by Crippen LogP contribution is -2.25. The number of ether oxygens (including phenoxy) is 1. The standard InChI is InChI=1S/C11H14O2/c1-8-2-3-9-7-13-11(6-12)5-10(9)4-8/h2-4,11-12H,5-7H2,1H3. The summed E-state index contributed by atoms with van der Waals surface area (Å²) in [5.41, 5.74) is 3.86. The predicted molar refractivity (Wildman–Crippen MR) is 50.5 cm³/mol. The van der Waals surface area contributed by atoms with Gasteiger partial charge in [-0.05, 0) is 18.1 Å². The topological polar surface area (TPSA) is 29.5 Å². The average molecular weight is 178 g/mol. The van der Waals surface area contributed by atoms with E-state index in [1.807, 2.05) is 0 Å². The molecule has 0 saturated heterocycles. The minimum atomic E-state index is -0.00528. The number of rotatable bonds is 1. The van der Waals surface area contributed by atoms with Gasteiger partial charge in [-0.2, -0.15) is 0 Å². The second kappa shape index (κ2) is 3.48. The molecule has 0 fully saturated rings. The molecule has 2 nitrogen and oxygen atoms in total. The van der Waals surface area contributed by atoms with Gasteiger partial charge in [-0.3, -0.25) is 0 Å². The van der Waals surface area contributed by atoms with Crippen LogP contribution in [0.25, 0.3) is 0 Å². The van der Waals surface area contributed by atoms with E-state index < -0.39 is 0 Å². The molecule has 0 spiro atoms. The highest BCUT2D eigenvalue weighted by Gasteiger charge is 2.17. The first-order chi connectivity index (χ1) is 6.29. The van der Waals surface area contributed by atoms with Crippen molar-refractivity contribution in [2.45, 2.75) is 26.1 Å². The molecule has 13 heavy (non-hydrogen) atoms. The van der Waals surface area contributed by atoms with Crippen LogP contribution in [0.1, 0.15) is 16.7 Å². The number of hydrogen-bond acceptors (Lipinski definition) is 2. The van der Waals surface area contributed by atoms with Crippen LogP contribution in [-0.2, 0) is 17.8 Å². The molecule has 0 saturated carbocycles. The van der Waals surface area contributed by atoms with Crippen molar-refractivity contribution in [1.82, 2.24) is 0 Å². The normalized spacial score (nSPS) is 21.2. The quantitative estimate of drug-likeness (QED) is 0.705. The Bertz CT molecular complexity index is 307. The van der Waals surface area contributed by atoms with Crippen LogP contribution in [0.5, 0.6) is 0 Å². The van der Waals surface area contributed by atoms with Crippen LogP contribution in [0.4, 0.5) is 0 Å². The van der Waals surface area contributed by atoms with Crippen molar-refractivity contribution in [1.29, 1.82) is 0 Å². The largest absolute Gasteiger partial charge is 0.394 e. The zero-order chi connectivity index (χ0) is 9.26. The second-order valence-corrected chi connectivity index (χ2v) is 3.59. The Morgan fingerprint density at radius 1 is 1.46 bits per heavy atom. The SMILES string of the molecule is Cc1ccc2c(c1)CC(CO)OC2. The molecule has 2 rings (SSSR count). The predicted octanol–water partition coefficient (Wildman–Crippen LogP) is 1.43. The molecular formula is C11H14O2. The summed E-state index contributed by atoms with van der Waals surface area (Å²) in [6.07, 6.45) is 0.836. The second-order valence-electron chi connectivity index (χ2n) is 3.59. The number of aliphatic hydroxyl groups is 1. The molecule has 0 bridgehead atoms. The van der Waals surface area contributed by atoms with Gasteiger partial charge in [-0.25, -0.2) is 0 Å². The van der Waals surface area contributed by atoms with Crippen molar-refractivity contribution in [3.63, 3.8) is 0 Å². The molecule has 0 amide bonds. The van der Waals surface area contributed by atoms with E-state index in [0.29, 0.717) is 6.61 Å². The summed E-state index contributed by atoms with van der Waals surface area (Å²) in [4.78, 5) is 0. The first kappa shape index (κ1) is 8.73. The van der Waals surface area contributed by atoms with Gasteiger partial charge in [0.25, 0.3) is 0 Å². The van der Waals surface area contributed by atoms with Gasteiger partial charge in [0.15, 0.2) is 0 Å². The fourth-order valence-corrected chi connectivity index (χ4v) is 1.71. The van der Waals surface area contributed by atoms with Crippen LogP contribution in [-0.4, -0.2) is 17.8 Å². The van der Waals surface area contributed by atoms with Crippen LogP contribution in [0.2, 0.25) is 0 Å². The molecular weight excluding hydrogens is 164 g/mol. The molecule has 70 valence electrons. The third-order valence-electron chi connectivity index (χ3n) is 2.49. The molecule has 1 heterocycles. The van der Waals surface area contributed by atoms with Gasteiger partial charge >= 0.3 is 0 Å². The summed E-state index contributed by atoms with van der Waals surface area (Å²) in [6.45, 7) is 2.85. The fraction of sp³-hybridized carbons (Fsp3) is 0.455. The summed E-state index contributed by atoms with van der Waals surface area (Å²) < 4.78 is 5.44. The maximum atomic E-state index is 8.96. The van der Waals surface area contributed by atoms with E-state index in [2.05, 4.69) is 25.1 Å². The van der Waals surface area contributed by atoms with Gasteiger partial charge in [-0.1, -0.05) is 23.8 Å². The van der Waals surface area contributed by atoms with E-state index in [9.17, 15) is 0 Å². The van der Waals surface area contributed by atoms with E-state index in [1.165, 1.54) is 16.7 Å². The van der Waals surface area contributed by atoms with Crippen LogP contribution in [0.3, 0.4) is 0 Å². The number of hydrogen-bond donors (Lipinski definition) is 1. The maximum absolute atomic E-state index is 8.96. The molecule has 0 radical (unpaired) electrons. The lowest BCUT2D eigenvalue weighted by Gasteiger charge is -2.23. The Morgan fingerprint density at radius 2 is 2.31 bits per heavy atom. The number of aliphatic hydroxyl groups excluding tert-OH is 1. The molecule has 2 heteroatoms. The summed E-state index contributed by atoms with van der Waals surface area (Å²) in [7, 11) is 0. The summed E-state index contributed by atoms with van der Waals surface area (Å²) in [5, 5.41) is 8.96. The van der Waals surface area contributed by atoms with Gasteiger partial charge in [0.1, 0.15) is 0 Å². The van der Waals surface area contributed by atoms with Crippen molar-refractivity contribution < 1.29 is 9.84 Å². The van der Waals surface area contributed by atoms with E-state index in [4.69, 9.17) is 9.84 Å². The highest BCUT2D eigenvalue weighted by molar-refractivity contribution is 5.32. The lowest BCUT2D eigenvalue weighted by molar-refractivity contribution is -0.00703. The smallest absolute Gasteiger partial charge is 0.0850 e. The summed E-state index contributed by atoms with van der Waals surface area (Å²) in [5.74, 6) is 0. The van der Waals surface area contributed by atoms with Gasteiger partial charge in [0, 0.05) is 6.42 Å². The maximum Gasteiger partial charge on any atom is 0.0850 e. The number of benzene rings is 1. The highest BCUT2D eigenvalue weighted by atomic mass is 16.5. The molecule has 1 aromatic carbocycles. The Morgan fingerprint density at radius 3 is 3.08 bits per heavy atom. The molecule has 1 unspecified atom stereocenters.